The van der Waals surface area contributed by atoms with Crippen molar-refractivity contribution in [3.8, 4) is 6.07 Å². The van der Waals surface area contributed by atoms with E-state index in [0.29, 0.717) is 0 Å². The summed E-state index contributed by atoms with van der Waals surface area (Å²) in [5, 5.41) is 9.37. The standard InChI is InChI=1S/C11H14F3NO2S/c1-3-16-10(17-4-2)5-9(11(12,13)14)8(6-15)7-18/h7,10H,3-5H2,1-2H3. The maximum atomic E-state index is 12.8. The smallest absolute Gasteiger partial charge is 0.353 e. The van der Waals surface area contributed by atoms with E-state index >= 15 is 0 Å². The Morgan fingerprint density at radius 3 is 2.11 bits per heavy atom. The van der Waals surface area contributed by atoms with Crippen LogP contribution >= 0.6 is 12.2 Å². The number of rotatable bonds is 7. The first kappa shape index (κ1) is 17.0. The van der Waals surface area contributed by atoms with Crippen molar-refractivity contribution in [2.24, 2.45) is 0 Å². The van der Waals surface area contributed by atoms with E-state index in [9.17, 15) is 13.2 Å². The Bertz CT molecular complexity index is 341. The summed E-state index contributed by atoms with van der Waals surface area (Å²) in [6.07, 6.45) is -6.22. The average Bonchev–Trinajstić information content (AvgIpc) is 2.28. The van der Waals surface area contributed by atoms with Gasteiger partial charge < -0.3 is 9.47 Å². The van der Waals surface area contributed by atoms with Crippen molar-refractivity contribution in [1.82, 2.24) is 0 Å². The second-order valence-corrected chi connectivity index (χ2v) is 3.40. The minimum atomic E-state index is -4.63. The van der Waals surface area contributed by atoms with Gasteiger partial charge in [-0.25, -0.2) is 0 Å². The highest BCUT2D eigenvalue weighted by Crippen LogP contribution is 2.32. The van der Waals surface area contributed by atoms with Crippen LogP contribution in [0.2, 0.25) is 0 Å². The molecule has 0 rings (SSSR count). The van der Waals surface area contributed by atoms with Crippen molar-refractivity contribution < 1.29 is 22.6 Å². The molecule has 0 aliphatic heterocycles. The van der Waals surface area contributed by atoms with Crippen molar-refractivity contribution in [1.29, 1.82) is 5.26 Å². The zero-order valence-corrected chi connectivity index (χ0v) is 10.9. The normalized spacial score (nSPS) is 13.2. The fourth-order valence-corrected chi connectivity index (χ4v) is 1.44. The molecule has 0 fully saturated rings. The Morgan fingerprint density at radius 1 is 1.33 bits per heavy atom. The minimum absolute atomic E-state index is 0.218. The Hall–Kier alpha value is -0.970. The lowest BCUT2D eigenvalue weighted by molar-refractivity contribution is -0.150. The third-order valence-electron chi connectivity index (χ3n) is 1.98. The van der Waals surface area contributed by atoms with Crippen LogP contribution in [0.1, 0.15) is 20.3 Å². The number of allylic oxidation sites excluding steroid dienone is 1. The van der Waals surface area contributed by atoms with Crippen LogP contribution in [0.4, 0.5) is 13.2 Å². The SMILES string of the molecule is CCOC(CC(=C(C#N)C=S)C(F)(F)F)OCC. The van der Waals surface area contributed by atoms with Gasteiger partial charge in [-0.15, -0.1) is 0 Å². The molecule has 3 nitrogen and oxygen atoms in total. The summed E-state index contributed by atoms with van der Waals surface area (Å²) in [6, 6.07) is 1.44. The van der Waals surface area contributed by atoms with E-state index < -0.39 is 30.0 Å². The molecular weight excluding hydrogens is 267 g/mol. The van der Waals surface area contributed by atoms with Crippen LogP contribution in [0.3, 0.4) is 0 Å². The van der Waals surface area contributed by atoms with E-state index in [-0.39, 0.29) is 13.2 Å². The molecule has 0 amide bonds. The van der Waals surface area contributed by atoms with Gasteiger partial charge in [-0.2, -0.15) is 18.4 Å². The lowest BCUT2D eigenvalue weighted by Gasteiger charge is -2.20. The Labute approximate surface area is 109 Å². The zero-order valence-electron chi connectivity index (χ0n) is 10.1. The second kappa shape index (κ2) is 8.19. The molecule has 0 aromatic rings. The average molecular weight is 281 g/mol. The summed E-state index contributed by atoms with van der Waals surface area (Å²) in [6.45, 7) is 3.73. The van der Waals surface area contributed by atoms with Gasteiger partial charge in [0.15, 0.2) is 6.29 Å². The molecule has 0 saturated heterocycles. The third-order valence-corrected chi connectivity index (χ3v) is 2.22. The fourth-order valence-electron chi connectivity index (χ4n) is 1.25. The van der Waals surface area contributed by atoms with Crippen molar-refractivity contribution in [2.45, 2.75) is 32.7 Å². The number of thiocarbonyl (C=S) groups is 1. The van der Waals surface area contributed by atoms with E-state index in [0.717, 1.165) is 5.37 Å². The molecule has 7 heteroatoms. The number of nitriles is 1. The van der Waals surface area contributed by atoms with Crippen LogP contribution in [0.25, 0.3) is 0 Å². The molecule has 0 aliphatic carbocycles. The van der Waals surface area contributed by atoms with E-state index in [1.54, 1.807) is 13.8 Å². The summed E-state index contributed by atoms with van der Waals surface area (Å²) < 4.78 is 48.5. The Morgan fingerprint density at radius 2 is 1.83 bits per heavy atom. The Kier molecular flexibility index (Phi) is 7.75. The van der Waals surface area contributed by atoms with E-state index in [4.69, 9.17) is 14.7 Å². The lowest BCUT2D eigenvalue weighted by Crippen LogP contribution is -2.24. The number of alkyl halides is 3. The van der Waals surface area contributed by atoms with Gasteiger partial charge in [0.25, 0.3) is 0 Å². The maximum Gasteiger partial charge on any atom is 0.414 e. The van der Waals surface area contributed by atoms with Crippen molar-refractivity contribution in [3.05, 3.63) is 11.1 Å². The zero-order chi connectivity index (χ0) is 14.2. The number of hydrogen-bond donors (Lipinski definition) is 0. The predicted molar refractivity (Wildman–Crippen MR) is 64.0 cm³/mol. The molecule has 0 saturated carbocycles. The molecule has 0 spiro atoms. The molecule has 0 atom stereocenters. The van der Waals surface area contributed by atoms with E-state index in [2.05, 4.69) is 12.2 Å². The molecular formula is C11H14F3NO2S. The highest BCUT2D eigenvalue weighted by atomic mass is 32.1. The van der Waals surface area contributed by atoms with Gasteiger partial charge in [-0.3, -0.25) is 0 Å². The van der Waals surface area contributed by atoms with Gasteiger partial charge in [0, 0.05) is 25.0 Å². The molecule has 0 aromatic heterocycles. The number of hydrogen-bond acceptors (Lipinski definition) is 4. The molecule has 0 aromatic carbocycles. The summed E-state index contributed by atoms with van der Waals surface area (Å²) in [7, 11) is 0. The van der Waals surface area contributed by atoms with Crippen LogP contribution < -0.4 is 0 Å². The molecule has 0 bridgehead atoms. The van der Waals surface area contributed by atoms with Crippen LogP contribution in [0, 0.1) is 11.3 Å². The largest absolute Gasteiger partial charge is 0.414 e. The summed E-state index contributed by atoms with van der Waals surface area (Å²) >= 11 is 4.41. The van der Waals surface area contributed by atoms with Gasteiger partial charge in [0.2, 0.25) is 0 Å². The van der Waals surface area contributed by atoms with Crippen LogP contribution in [-0.4, -0.2) is 31.0 Å². The fraction of sp³-hybridized carbons (Fsp3) is 0.636. The topological polar surface area (TPSA) is 42.2 Å². The molecule has 0 unspecified atom stereocenters. The minimum Gasteiger partial charge on any atom is -0.353 e. The first-order chi connectivity index (χ1) is 8.40. The molecule has 0 N–H and O–H groups in total. The van der Waals surface area contributed by atoms with Crippen LogP contribution in [-0.2, 0) is 9.47 Å². The predicted octanol–water partition coefficient (Wildman–Crippen LogP) is 3.16. The quantitative estimate of drug-likeness (QED) is 0.311. The maximum absolute atomic E-state index is 12.8. The molecule has 0 aliphatic rings. The van der Waals surface area contributed by atoms with Gasteiger partial charge in [0.05, 0.1) is 11.1 Å². The number of ether oxygens (including phenoxy) is 2. The van der Waals surface area contributed by atoms with Gasteiger partial charge in [-0.05, 0) is 13.8 Å². The lowest BCUT2D eigenvalue weighted by atomic mass is 10.1. The van der Waals surface area contributed by atoms with Gasteiger partial charge in [0.1, 0.15) is 6.07 Å². The molecule has 0 heterocycles. The van der Waals surface area contributed by atoms with Crippen LogP contribution in [0.15, 0.2) is 11.1 Å². The van der Waals surface area contributed by atoms with Crippen molar-refractivity contribution in [2.75, 3.05) is 13.2 Å². The molecule has 102 valence electrons. The molecule has 0 radical (unpaired) electrons. The number of nitrogens with zero attached hydrogens (tertiary/aromatic N) is 1. The van der Waals surface area contributed by atoms with Gasteiger partial charge >= 0.3 is 6.18 Å². The Balaban J connectivity index is 5.18. The van der Waals surface area contributed by atoms with E-state index in [1.807, 2.05) is 0 Å². The second-order valence-electron chi connectivity index (χ2n) is 3.16. The summed E-state index contributed by atoms with van der Waals surface area (Å²) in [4.78, 5) is 0. The van der Waals surface area contributed by atoms with Gasteiger partial charge in [-0.1, -0.05) is 12.2 Å². The third kappa shape index (κ3) is 5.58. The summed E-state index contributed by atoms with van der Waals surface area (Å²) in [5.41, 5.74) is -1.60. The first-order valence-corrected chi connectivity index (χ1v) is 5.76. The monoisotopic (exact) mass is 281 g/mol. The highest BCUT2D eigenvalue weighted by molar-refractivity contribution is 7.79. The number of halogens is 3. The first-order valence-electron chi connectivity index (χ1n) is 5.29. The summed E-state index contributed by atoms with van der Waals surface area (Å²) in [5.74, 6) is 0. The van der Waals surface area contributed by atoms with Crippen molar-refractivity contribution in [3.63, 3.8) is 0 Å². The van der Waals surface area contributed by atoms with Crippen molar-refractivity contribution >= 4 is 17.6 Å². The van der Waals surface area contributed by atoms with E-state index in [1.165, 1.54) is 6.07 Å². The molecule has 18 heavy (non-hydrogen) atoms. The van der Waals surface area contributed by atoms with Crippen LogP contribution in [0.5, 0.6) is 0 Å². The highest BCUT2D eigenvalue weighted by Gasteiger charge is 2.37.